The van der Waals surface area contributed by atoms with Crippen LogP contribution in [0.25, 0.3) is 0 Å². The Morgan fingerprint density at radius 2 is 2.21 bits per heavy atom. The molecule has 1 aliphatic heterocycles. The minimum absolute atomic E-state index is 0.413. The summed E-state index contributed by atoms with van der Waals surface area (Å²) in [5, 5.41) is 8.20. The number of hydrogen-bond donors (Lipinski definition) is 2. The van der Waals surface area contributed by atoms with Gasteiger partial charge in [0.1, 0.15) is 11.4 Å². The molecule has 1 aliphatic rings. The van der Waals surface area contributed by atoms with Crippen LogP contribution in [0.5, 0.6) is 5.75 Å². The van der Waals surface area contributed by atoms with Crippen LogP contribution in [0, 0.1) is 5.95 Å². The zero-order valence-corrected chi connectivity index (χ0v) is 18.0. The van der Waals surface area contributed by atoms with Crippen LogP contribution in [-0.2, 0) is 0 Å². The highest BCUT2D eigenvalue weighted by Gasteiger charge is 2.19. The number of halogens is 1. The molecule has 2 heterocycles. The third-order valence-electron chi connectivity index (χ3n) is 4.18. The largest absolute Gasteiger partial charge is 0.491 e. The van der Waals surface area contributed by atoms with Gasteiger partial charge in [-0.2, -0.15) is 9.49 Å². The molecule has 2 rings (SSSR count). The van der Waals surface area contributed by atoms with Gasteiger partial charge in [-0.3, -0.25) is 5.43 Å². The molecule has 0 radical (unpaired) electrons. The lowest BCUT2D eigenvalue weighted by atomic mass is 10.1. The van der Waals surface area contributed by atoms with Gasteiger partial charge in [-0.25, -0.2) is 4.98 Å². The van der Waals surface area contributed by atoms with Crippen LogP contribution >= 0.6 is 12.2 Å². The average molecular weight is 418 g/mol. The Morgan fingerprint density at radius 3 is 2.90 bits per heavy atom. The van der Waals surface area contributed by atoms with E-state index in [9.17, 15) is 4.39 Å². The van der Waals surface area contributed by atoms with E-state index >= 15 is 0 Å². The molecule has 0 aromatic carbocycles. The van der Waals surface area contributed by atoms with E-state index in [1.54, 1.807) is 12.1 Å². The number of nitrogens with zero attached hydrogens (tertiary/aromatic N) is 3. The first kappa shape index (κ1) is 22.5. The molecule has 156 valence electrons. The van der Waals surface area contributed by atoms with E-state index in [1.165, 1.54) is 11.6 Å². The molecule has 6 nitrogen and oxygen atoms in total. The van der Waals surface area contributed by atoms with Crippen molar-refractivity contribution in [1.29, 1.82) is 0 Å². The fourth-order valence-electron chi connectivity index (χ4n) is 2.61. The van der Waals surface area contributed by atoms with Crippen LogP contribution < -0.4 is 15.5 Å². The number of aromatic nitrogens is 1. The van der Waals surface area contributed by atoms with Crippen molar-refractivity contribution >= 4 is 23.0 Å². The van der Waals surface area contributed by atoms with E-state index in [-0.39, 0.29) is 0 Å². The summed E-state index contributed by atoms with van der Waals surface area (Å²) in [7, 11) is 0. The summed E-state index contributed by atoms with van der Waals surface area (Å²) in [5.41, 5.74) is 6.12. The van der Waals surface area contributed by atoms with E-state index in [0.717, 1.165) is 12.2 Å². The van der Waals surface area contributed by atoms with Gasteiger partial charge < -0.3 is 15.0 Å². The van der Waals surface area contributed by atoms with Crippen molar-refractivity contribution in [2.45, 2.75) is 27.2 Å². The first-order valence-electron chi connectivity index (χ1n) is 9.57. The van der Waals surface area contributed by atoms with E-state index in [2.05, 4.69) is 27.4 Å². The molecule has 0 aliphatic carbocycles. The van der Waals surface area contributed by atoms with Gasteiger partial charge >= 0.3 is 0 Å². The Morgan fingerprint density at radius 1 is 1.41 bits per heavy atom. The predicted molar refractivity (Wildman–Crippen MR) is 120 cm³/mol. The minimum Gasteiger partial charge on any atom is -0.491 e. The fourth-order valence-corrected chi connectivity index (χ4v) is 2.88. The zero-order chi connectivity index (χ0) is 21.2. The highest BCUT2D eigenvalue weighted by atomic mass is 32.1. The molecule has 0 amide bonds. The van der Waals surface area contributed by atoms with Crippen molar-refractivity contribution in [2.24, 2.45) is 5.10 Å². The number of thiocarbonyl (C=S) groups is 1. The zero-order valence-electron chi connectivity index (χ0n) is 17.2. The van der Waals surface area contributed by atoms with Gasteiger partial charge in [0.15, 0.2) is 5.11 Å². The van der Waals surface area contributed by atoms with Gasteiger partial charge in [0.25, 0.3) is 0 Å². The fraction of sp³-hybridized carbons (Fsp3) is 0.381. The van der Waals surface area contributed by atoms with Crippen LogP contribution in [0.1, 0.15) is 32.9 Å². The Hall–Kier alpha value is -2.74. The molecule has 29 heavy (non-hydrogen) atoms. The molecular formula is C21H28FN5OS. The van der Waals surface area contributed by atoms with Gasteiger partial charge in [0, 0.05) is 31.8 Å². The first-order valence-corrected chi connectivity index (χ1v) is 9.98. The number of hydrogen-bond acceptors (Lipinski definition) is 5. The van der Waals surface area contributed by atoms with Crippen LogP contribution in [0.3, 0.4) is 0 Å². The number of fused-ring (bicyclic) bond motifs is 1. The van der Waals surface area contributed by atoms with Crippen molar-refractivity contribution in [3.8, 4) is 5.75 Å². The van der Waals surface area contributed by atoms with Gasteiger partial charge in [0.05, 0.1) is 12.3 Å². The predicted octanol–water partition coefficient (Wildman–Crippen LogP) is 3.53. The maximum absolute atomic E-state index is 13.5. The van der Waals surface area contributed by atoms with Crippen LogP contribution in [0.2, 0.25) is 0 Å². The second kappa shape index (κ2) is 11.3. The van der Waals surface area contributed by atoms with E-state index in [0.29, 0.717) is 48.4 Å². The number of pyridine rings is 1. The van der Waals surface area contributed by atoms with Crippen LogP contribution in [0.4, 0.5) is 4.39 Å². The van der Waals surface area contributed by atoms with Gasteiger partial charge in [-0.1, -0.05) is 18.2 Å². The molecule has 0 saturated carbocycles. The Balaban J connectivity index is 1.95. The molecule has 0 unspecified atom stereocenters. The average Bonchev–Trinajstić information content (AvgIpc) is 2.71. The van der Waals surface area contributed by atoms with Gasteiger partial charge in [0.2, 0.25) is 5.95 Å². The molecule has 0 spiro atoms. The van der Waals surface area contributed by atoms with Crippen molar-refractivity contribution in [1.82, 2.24) is 20.6 Å². The highest BCUT2D eigenvalue weighted by Crippen LogP contribution is 2.23. The van der Waals surface area contributed by atoms with E-state index in [4.69, 9.17) is 17.0 Å². The summed E-state index contributed by atoms with van der Waals surface area (Å²) in [6.07, 6.45) is 6.35. The number of allylic oxidation sites excluding steroid dienone is 4. The highest BCUT2D eigenvalue weighted by molar-refractivity contribution is 7.80. The van der Waals surface area contributed by atoms with E-state index in [1.807, 2.05) is 37.8 Å². The molecule has 0 fully saturated rings. The maximum atomic E-state index is 13.5. The number of rotatable bonds is 8. The first-order chi connectivity index (χ1) is 13.9. The number of nitrogens with one attached hydrogen (secondary N) is 2. The monoisotopic (exact) mass is 417 g/mol. The quantitative estimate of drug-likeness (QED) is 0.292. The molecule has 1 aromatic heterocycles. The molecule has 1 aromatic rings. The maximum Gasteiger partial charge on any atom is 0.213 e. The van der Waals surface area contributed by atoms with Crippen LogP contribution in [-0.4, -0.2) is 46.9 Å². The molecular weight excluding hydrogens is 389 g/mol. The number of ether oxygens (including phenoxy) is 1. The normalized spacial score (nSPS) is 14.5. The molecule has 8 heteroatoms. The SMILES string of the molecule is C=C/C(=C\C=C(C)C)NCCN(CC)C(=S)N/N=C1/CCOc2ccc(F)nc21. The van der Waals surface area contributed by atoms with Crippen molar-refractivity contribution in [3.63, 3.8) is 0 Å². The lowest BCUT2D eigenvalue weighted by Gasteiger charge is -2.24. The summed E-state index contributed by atoms with van der Waals surface area (Å²) >= 11 is 5.47. The van der Waals surface area contributed by atoms with Crippen molar-refractivity contribution in [3.05, 3.63) is 59.9 Å². The number of hydrazone groups is 1. The Labute approximate surface area is 177 Å². The Kier molecular flexibility index (Phi) is 8.79. The van der Waals surface area contributed by atoms with Gasteiger partial charge in [-0.15, -0.1) is 0 Å². The third-order valence-corrected chi connectivity index (χ3v) is 4.53. The third kappa shape index (κ3) is 6.98. The summed E-state index contributed by atoms with van der Waals surface area (Å²) in [6.45, 7) is 12.5. The summed E-state index contributed by atoms with van der Waals surface area (Å²) < 4.78 is 19.0. The van der Waals surface area contributed by atoms with Gasteiger partial charge in [-0.05, 0) is 57.3 Å². The lowest BCUT2D eigenvalue weighted by molar-refractivity contribution is 0.316. The second-order valence-corrected chi connectivity index (χ2v) is 7.02. The topological polar surface area (TPSA) is 61.8 Å². The van der Waals surface area contributed by atoms with Crippen LogP contribution in [0.15, 0.2) is 53.3 Å². The van der Waals surface area contributed by atoms with Crippen molar-refractivity contribution < 1.29 is 9.13 Å². The molecule has 0 atom stereocenters. The minimum atomic E-state index is -0.565. The molecule has 0 saturated heterocycles. The second-order valence-electron chi connectivity index (χ2n) is 6.63. The summed E-state index contributed by atoms with van der Waals surface area (Å²) in [5.74, 6) is -0.0363. The molecule has 0 bridgehead atoms. The molecule has 2 N–H and O–H groups in total. The Bertz CT molecular complexity index is 830. The summed E-state index contributed by atoms with van der Waals surface area (Å²) in [6, 6.07) is 2.84. The smallest absolute Gasteiger partial charge is 0.213 e. The lowest BCUT2D eigenvalue weighted by Crippen LogP contribution is -2.41. The van der Waals surface area contributed by atoms with E-state index < -0.39 is 5.95 Å². The van der Waals surface area contributed by atoms with Crippen molar-refractivity contribution in [2.75, 3.05) is 26.2 Å². The summed E-state index contributed by atoms with van der Waals surface area (Å²) in [4.78, 5) is 5.89. The standard InChI is InChI=1S/C21H28FN5OS/c1-5-16(8-7-15(3)4)23-12-13-27(6-2)21(29)26-25-17-11-14-28-18-9-10-19(22)24-20(17)18/h5,7-10,23H,1,6,11-14H2,2-4H3,(H,26,29)/b16-8+,25-17-. The number of likely N-dealkylation sites (N-methyl/N-ethyl adjacent to an activating group) is 1.